The first kappa shape index (κ1) is 15.3. The number of aliphatic hydroxyl groups excluding tert-OH is 1. The van der Waals surface area contributed by atoms with E-state index in [9.17, 15) is 9.50 Å². The first-order chi connectivity index (χ1) is 9.97. The number of ether oxygens (including phenoxy) is 2. The maximum Gasteiger partial charge on any atom is 0.161 e. The Labute approximate surface area is 124 Å². The largest absolute Gasteiger partial charge is 0.493 e. The first-order valence-electron chi connectivity index (χ1n) is 6.64. The molecule has 0 aliphatic carbocycles. The summed E-state index contributed by atoms with van der Waals surface area (Å²) in [6.07, 6.45) is -0.917. The Morgan fingerprint density at radius 1 is 0.952 bits per heavy atom. The molecule has 2 aromatic rings. The van der Waals surface area contributed by atoms with Crippen molar-refractivity contribution in [1.82, 2.24) is 0 Å². The zero-order valence-electron chi connectivity index (χ0n) is 12.6. The van der Waals surface area contributed by atoms with Crippen LogP contribution in [0.15, 0.2) is 30.3 Å². The van der Waals surface area contributed by atoms with Crippen molar-refractivity contribution in [1.29, 1.82) is 0 Å². The Kier molecular flexibility index (Phi) is 4.48. The monoisotopic (exact) mass is 290 g/mol. The van der Waals surface area contributed by atoms with Crippen LogP contribution in [0.25, 0.3) is 0 Å². The molecule has 0 saturated heterocycles. The minimum absolute atomic E-state index is 0.329. The highest BCUT2D eigenvalue weighted by molar-refractivity contribution is 5.49. The topological polar surface area (TPSA) is 38.7 Å². The van der Waals surface area contributed by atoms with Gasteiger partial charge in [-0.15, -0.1) is 0 Å². The summed E-state index contributed by atoms with van der Waals surface area (Å²) >= 11 is 0. The lowest BCUT2D eigenvalue weighted by Crippen LogP contribution is -2.04. The van der Waals surface area contributed by atoms with E-state index in [0.717, 1.165) is 5.56 Å². The quantitative estimate of drug-likeness (QED) is 0.936. The second-order valence-corrected chi connectivity index (χ2v) is 4.97. The van der Waals surface area contributed by atoms with Crippen molar-refractivity contribution in [2.45, 2.75) is 20.0 Å². The van der Waals surface area contributed by atoms with Gasteiger partial charge in [0.1, 0.15) is 11.9 Å². The van der Waals surface area contributed by atoms with Gasteiger partial charge in [-0.1, -0.05) is 12.1 Å². The lowest BCUT2D eigenvalue weighted by atomic mass is 9.96. The summed E-state index contributed by atoms with van der Waals surface area (Å²) in [5, 5.41) is 10.5. The second-order valence-electron chi connectivity index (χ2n) is 4.97. The first-order valence-corrected chi connectivity index (χ1v) is 6.64. The Bertz CT molecular complexity index is 653. The Morgan fingerprint density at radius 3 is 2.14 bits per heavy atom. The van der Waals surface area contributed by atoms with Crippen LogP contribution in [0, 0.1) is 19.7 Å². The van der Waals surface area contributed by atoms with Crippen LogP contribution in [0.3, 0.4) is 0 Å². The lowest BCUT2D eigenvalue weighted by Gasteiger charge is -2.18. The molecule has 0 fully saturated rings. The van der Waals surface area contributed by atoms with E-state index in [1.165, 1.54) is 13.2 Å². The van der Waals surface area contributed by atoms with E-state index in [1.807, 2.05) is 6.92 Å². The third-order valence-electron chi connectivity index (χ3n) is 3.58. The zero-order valence-corrected chi connectivity index (χ0v) is 12.6. The molecule has 0 aliphatic rings. The predicted octanol–water partition coefficient (Wildman–Crippen LogP) is 3.54. The van der Waals surface area contributed by atoms with Crippen molar-refractivity contribution in [3.05, 3.63) is 58.4 Å². The Balaban J connectivity index is 2.47. The number of methoxy groups -OCH3 is 2. The predicted molar refractivity (Wildman–Crippen MR) is 79.5 cm³/mol. The molecule has 3 nitrogen and oxygen atoms in total. The van der Waals surface area contributed by atoms with Gasteiger partial charge in [-0.2, -0.15) is 0 Å². The molecule has 1 unspecified atom stereocenters. The molecule has 0 amide bonds. The minimum atomic E-state index is -0.917. The van der Waals surface area contributed by atoms with E-state index < -0.39 is 6.10 Å². The highest BCUT2D eigenvalue weighted by Gasteiger charge is 2.17. The average molecular weight is 290 g/mol. The van der Waals surface area contributed by atoms with Crippen molar-refractivity contribution >= 4 is 0 Å². The van der Waals surface area contributed by atoms with Crippen LogP contribution in [-0.2, 0) is 0 Å². The highest BCUT2D eigenvalue weighted by Crippen LogP contribution is 2.35. The molecule has 2 rings (SSSR count). The van der Waals surface area contributed by atoms with Crippen LogP contribution in [0.2, 0.25) is 0 Å². The summed E-state index contributed by atoms with van der Waals surface area (Å²) in [5.41, 5.74) is 2.57. The van der Waals surface area contributed by atoms with Gasteiger partial charge in [0.15, 0.2) is 11.5 Å². The number of hydrogen-bond acceptors (Lipinski definition) is 3. The van der Waals surface area contributed by atoms with E-state index in [4.69, 9.17) is 9.47 Å². The summed E-state index contributed by atoms with van der Waals surface area (Å²) in [6.45, 7) is 3.55. The number of benzene rings is 2. The van der Waals surface area contributed by atoms with Gasteiger partial charge in [0.2, 0.25) is 0 Å². The fraction of sp³-hybridized carbons (Fsp3) is 0.294. The van der Waals surface area contributed by atoms with Crippen molar-refractivity contribution in [3.8, 4) is 11.5 Å². The van der Waals surface area contributed by atoms with Crippen LogP contribution >= 0.6 is 0 Å². The van der Waals surface area contributed by atoms with Gasteiger partial charge >= 0.3 is 0 Å². The van der Waals surface area contributed by atoms with E-state index in [-0.39, 0.29) is 5.82 Å². The van der Waals surface area contributed by atoms with Gasteiger partial charge in [-0.3, -0.25) is 0 Å². The maximum absolute atomic E-state index is 13.7. The fourth-order valence-corrected chi connectivity index (χ4v) is 2.25. The Morgan fingerprint density at radius 2 is 1.57 bits per heavy atom. The van der Waals surface area contributed by atoms with Crippen molar-refractivity contribution in [3.63, 3.8) is 0 Å². The average Bonchev–Trinajstić information content (AvgIpc) is 2.49. The van der Waals surface area contributed by atoms with Gasteiger partial charge in [-0.25, -0.2) is 4.39 Å². The Hall–Kier alpha value is -2.07. The van der Waals surface area contributed by atoms with Crippen LogP contribution in [0.1, 0.15) is 28.4 Å². The summed E-state index contributed by atoms with van der Waals surface area (Å²) in [7, 11) is 3.09. The normalized spacial score (nSPS) is 12.1. The molecular formula is C17H19FO3. The summed E-state index contributed by atoms with van der Waals surface area (Å²) in [4.78, 5) is 0. The molecule has 1 atom stereocenters. The maximum atomic E-state index is 13.7. The van der Waals surface area contributed by atoms with Crippen molar-refractivity contribution < 1.29 is 19.0 Å². The molecule has 0 saturated carbocycles. The summed E-state index contributed by atoms with van der Waals surface area (Å²) in [6, 6.07) is 8.25. The molecule has 21 heavy (non-hydrogen) atoms. The number of halogens is 1. The highest BCUT2D eigenvalue weighted by atomic mass is 19.1. The molecule has 2 aromatic carbocycles. The molecule has 1 N–H and O–H groups in total. The van der Waals surface area contributed by atoms with E-state index >= 15 is 0 Å². The third-order valence-corrected chi connectivity index (χ3v) is 3.58. The van der Waals surface area contributed by atoms with Crippen LogP contribution in [-0.4, -0.2) is 19.3 Å². The van der Waals surface area contributed by atoms with E-state index in [1.54, 1.807) is 38.3 Å². The second kappa shape index (κ2) is 6.14. The van der Waals surface area contributed by atoms with Gasteiger partial charge in [0.05, 0.1) is 14.2 Å². The zero-order chi connectivity index (χ0) is 15.6. The van der Waals surface area contributed by atoms with Crippen LogP contribution in [0.4, 0.5) is 4.39 Å². The van der Waals surface area contributed by atoms with Gasteiger partial charge < -0.3 is 14.6 Å². The molecule has 0 bridgehead atoms. The number of hydrogen-bond donors (Lipinski definition) is 1. The fourth-order valence-electron chi connectivity index (χ4n) is 2.25. The molecule has 0 radical (unpaired) electrons. The molecule has 112 valence electrons. The van der Waals surface area contributed by atoms with Crippen molar-refractivity contribution in [2.24, 2.45) is 0 Å². The lowest BCUT2D eigenvalue weighted by molar-refractivity contribution is 0.218. The number of aliphatic hydroxyl groups is 1. The molecule has 0 aromatic heterocycles. The molecular weight excluding hydrogens is 271 g/mol. The standard InChI is InChI=1S/C17H19FO3/c1-10-5-6-12(8-14(10)18)17(19)13-9-16(21-4)15(20-3)7-11(13)2/h5-9,17,19H,1-4H3. The van der Waals surface area contributed by atoms with E-state index in [0.29, 0.717) is 28.2 Å². The van der Waals surface area contributed by atoms with Gasteiger partial charge in [0.25, 0.3) is 0 Å². The molecule has 4 heteroatoms. The van der Waals surface area contributed by atoms with Crippen molar-refractivity contribution in [2.75, 3.05) is 14.2 Å². The third kappa shape index (κ3) is 3.00. The van der Waals surface area contributed by atoms with Gasteiger partial charge in [-0.05, 0) is 54.3 Å². The number of rotatable bonds is 4. The van der Waals surface area contributed by atoms with E-state index in [2.05, 4.69) is 0 Å². The molecule has 0 aliphatic heterocycles. The molecule has 0 spiro atoms. The number of aryl methyl sites for hydroxylation is 2. The summed E-state index contributed by atoms with van der Waals surface area (Å²) < 4.78 is 24.1. The van der Waals surface area contributed by atoms with Crippen LogP contribution in [0.5, 0.6) is 11.5 Å². The minimum Gasteiger partial charge on any atom is -0.493 e. The molecule has 0 heterocycles. The van der Waals surface area contributed by atoms with Crippen LogP contribution < -0.4 is 9.47 Å². The summed E-state index contributed by atoms with van der Waals surface area (Å²) in [5.74, 6) is 0.801. The van der Waals surface area contributed by atoms with Gasteiger partial charge in [0, 0.05) is 0 Å². The smallest absolute Gasteiger partial charge is 0.161 e. The SMILES string of the molecule is COc1cc(C)c(C(O)c2ccc(C)c(F)c2)cc1OC.